The van der Waals surface area contributed by atoms with Crippen LogP contribution in [0.15, 0.2) is 59.5 Å². The third-order valence-corrected chi connectivity index (χ3v) is 3.95. The fourth-order valence-corrected chi connectivity index (χ4v) is 2.81. The fraction of sp³-hybridized carbons (Fsp3) is 0.143. The van der Waals surface area contributed by atoms with Gasteiger partial charge in [-0.05, 0) is 52.9 Å². The van der Waals surface area contributed by atoms with Gasteiger partial charge in [0.05, 0.1) is 0 Å². The molecule has 0 heterocycles. The van der Waals surface area contributed by atoms with Crippen LogP contribution < -0.4 is 5.32 Å². The van der Waals surface area contributed by atoms with E-state index in [9.17, 15) is 0 Å². The van der Waals surface area contributed by atoms with Crippen molar-refractivity contribution in [3.63, 3.8) is 0 Å². The minimum Gasteiger partial charge on any atom is -0.384 e. The predicted molar refractivity (Wildman–Crippen MR) is 84.8 cm³/mol. The lowest BCUT2D eigenvalue weighted by Gasteiger charge is -2.06. The summed E-state index contributed by atoms with van der Waals surface area (Å²) in [6.07, 6.45) is 0. The SMILES string of the molecule is Ic1cccc(NCCSc2ccccc2)c1. The standard InChI is InChI=1S/C14H14INS/c15-12-5-4-6-13(11-12)16-9-10-17-14-7-2-1-3-8-14/h1-8,11,16H,9-10H2. The molecule has 0 saturated heterocycles. The number of anilines is 1. The molecule has 3 heteroatoms. The molecule has 2 aromatic rings. The number of thioether (sulfide) groups is 1. The van der Waals surface area contributed by atoms with Gasteiger partial charge < -0.3 is 5.32 Å². The number of rotatable bonds is 5. The van der Waals surface area contributed by atoms with Crippen LogP contribution in [0.4, 0.5) is 5.69 Å². The second kappa shape index (κ2) is 6.91. The van der Waals surface area contributed by atoms with Gasteiger partial charge in [-0.3, -0.25) is 0 Å². The van der Waals surface area contributed by atoms with Gasteiger partial charge >= 0.3 is 0 Å². The molecule has 0 amide bonds. The number of halogens is 1. The van der Waals surface area contributed by atoms with Crippen LogP contribution in [0, 0.1) is 3.57 Å². The van der Waals surface area contributed by atoms with Crippen molar-refractivity contribution >= 4 is 40.0 Å². The van der Waals surface area contributed by atoms with Gasteiger partial charge in [-0.15, -0.1) is 11.8 Å². The van der Waals surface area contributed by atoms with E-state index in [4.69, 9.17) is 0 Å². The summed E-state index contributed by atoms with van der Waals surface area (Å²) in [4.78, 5) is 1.33. The molecule has 0 aromatic heterocycles. The lowest BCUT2D eigenvalue weighted by molar-refractivity contribution is 1.22. The van der Waals surface area contributed by atoms with E-state index in [1.54, 1.807) is 0 Å². The zero-order valence-corrected chi connectivity index (χ0v) is 12.4. The second-order valence-electron chi connectivity index (χ2n) is 3.60. The Bertz CT molecular complexity index is 459. The molecule has 17 heavy (non-hydrogen) atoms. The third kappa shape index (κ3) is 4.60. The van der Waals surface area contributed by atoms with E-state index in [2.05, 4.69) is 76.4 Å². The van der Waals surface area contributed by atoms with Crippen LogP contribution in [-0.2, 0) is 0 Å². The summed E-state index contributed by atoms with van der Waals surface area (Å²) in [6, 6.07) is 19.0. The topological polar surface area (TPSA) is 12.0 Å². The zero-order chi connectivity index (χ0) is 11.9. The van der Waals surface area contributed by atoms with Gasteiger partial charge in [0, 0.05) is 26.5 Å². The molecule has 2 rings (SSSR count). The van der Waals surface area contributed by atoms with Gasteiger partial charge in [0.1, 0.15) is 0 Å². The minimum absolute atomic E-state index is 0.986. The Morgan fingerprint density at radius 3 is 2.59 bits per heavy atom. The monoisotopic (exact) mass is 355 g/mol. The van der Waals surface area contributed by atoms with E-state index in [1.807, 2.05) is 17.8 Å². The molecule has 1 nitrogen and oxygen atoms in total. The summed E-state index contributed by atoms with van der Waals surface area (Å²) in [5.41, 5.74) is 1.20. The molecule has 0 spiro atoms. The molecule has 0 fully saturated rings. The Labute approximate surface area is 120 Å². The largest absolute Gasteiger partial charge is 0.384 e. The van der Waals surface area contributed by atoms with Crippen LogP contribution in [0.3, 0.4) is 0 Å². The molecule has 0 aliphatic carbocycles. The van der Waals surface area contributed by atoms with Crippen LogP contribution in [0.2, 0.25) is 0 Å². The van der Waals surface area contributed by atoms with Gasteiger partial charge in [-0.1, -0.05) is 24.3 Å². The Kier molecular flexibility index (Phi) is 5.19. The van der Waals surface area contributed by atoms with Crippen LogP contribution >= 0.6 is 34.4 Å². The van der Waals surface area contributed by atoms with E-state index in [-0.39, 0.29) is 0 Å². The molecule has 0 radical (unpaired) electrons. The van der Waals surface area contributed by atoms with Crippen LogP contribution in [0.5, 0.6) is 0 Å². The number of benzene rings is 2. The van der Waals surface area contributed by atoms with E-state index in [0.29, 0.717) is 0 Å². The highest BCUT2D eigenvalue weighted by Gasteiger charge is 1.94. The van der Waals surface area contributed by atoms with E-state index < -0.39 is 0 Å². The Morgan fingerprint density at radius 1 is 1.00 bits per heavy atom. The zero-order valence-electron chi connectivity index (χ0n) is 9.40. The predicted octanol–water partition coefficient (Wildman–Crippen LogP) is 4.50. The van der Waals surface area contributed by atoms with Crippen LogP contribution in [0.25, 0.3) is 0 Å². The van der Waals surface area contributed by atoms with Gasteiger partial charge in [-0.2, -0.15) is 0 Å². The quantitative estimate of drug-likeness (QED) is 0.482. The molecule has 0 aliphatic heterocycles. The molecule has 1 N–H and O–H groups in total. The first-order chi connectivity index (χ1) is 8.34. The summed E-state index contributed by atoms with van der Waals surface area (Å²) in [7, 11) is 0. The molecule has 88 valence electrons. The molecule has 0 atom stereocenters. The first kappa shape index (κ1) is 12.8. The third-order valence-electron chi connectivity index (χ3n) is 2.27. The Balaban J connectivity index is 1.73. The maximum atomic E-state index is 3.43. The summed E-state index contributed by atoms with van der Waals surface area (Å²) in [5.74, 6) is 1.08. The van der Waals surface area contributed by atoms with Crippen molar-refractivity contribution in [2.24, 2.45) is 0 Å². The van der Waals surface area contributed by atoms with E-state index >= 15 is 0 Å². The lowest BCUT2D eigenvalue weighted by Crippen LogP contribution is -2.03. The number of nitrogens with one attached hydrogen (secondary N) is 1. The highest BCUT2D eigenvalue weighted by Crippen LogP contribution is 2.17. The smallest absolute Gasteiger partial charge is 0.0351 e. The highest BCUT2D eigenvalue weighted by atomic mass is 127. The highest BCUT2D eigenvalue weighted by molar-refractivity contribution is 14.1. The Morgan fingerprint density at radius 2 is 1.82 bits per heavy atom. The molecule has 0 aliphatic rings. The van der Waals surface area contributed by atoms with Crippen molar-refractivity contribution in [3.05, 3.63) is 58.2 Å². The van der Waals surface area contributed by atoms with Gasteiger partial charge in [0.25, 0.3) is 0 Å². The molecule has 0 saturated carbocycles. The Hall–Kier alpha value is -0.680. The molecule has 2 aromatic carbocycles. The van der Waals surface area contributed by atoms with Gasteiger partial charge in [0.15, 0.2) is 0 Å². The average molecular weight is 355 g/mol. The van der Waals surface area contributed by atoms with Gasteiger partial charge in [0.2, 0.25) is 0 Å². The molecule has 0 unspecified atom stereocenters. The number of hydrogen-bond acceptors (Lipinski definition) is 2. The van der Waals surface area contributed by atoms with Crippen LogP contribution in [-0.4, -0.2) is 12.3 Å². The molecular weight excluding hydrogens is 341 g/mol. The maximum absolute atomic E-state index is 3.43. The van der Waals surface area contributed by atoms with Crippen molar-refractivity contribution in [2.45, 2.75) is 4.90 Å². The molecular formula is C14H14INS. The van der Waals surface area contributed by atoms with Crippen molar-refractivity contribution in [2.75, 3.05) is 17.6 Å². The average Bonchev–Trinajstić information content (AvgIpc) is 2.36. The van der Waals surface area contributed by atoms with Gasteiger partial charge in [-0.25, -0.2) is 0 Å². The van der Waals surface area contributed by atoms with Crippen LogP contribution in [0.1, 0.15) is 0 Å². The normalized spacial score (nSPS) is 10.2. The minimum atomic E-state index is 0.986. The number of hydrogen-bond donors (Lipinski definition) is 1. The van der Waals surface area contributed by atoms with E-state index in [1.165, 1.54) is 14.2 Å². The summed E-state index contributed by atoms with van der Waals surface area (Å²) < 4.78 is 1.27. The maximum Gasteiger partial charge on any atom is 0.0351 e. The van der Waals surface area contributed by atoms with Crippen molar-refractivity contribution < 1.29 is 0 Å². The first-order valence-electron chi connectivity index (χ1n) is 5.52. The van der Waals surface area contributed by atoms with Crippen molar-refractivity contribution in [3.8, 4) is 0 Å². The summed E-state index contributed by atoms with van der Waals surface area (Å²) >= 11 is 4.21. The summed E-state index contributed by atoms with van der Waals surface area (Å²) in [5, 5.41) is 3.43. The first-order valence-corrected chi connectivity index (χ1v) is 7.58. The van der Waals surface area contributed by atoms with Crippen molar-refractivity contribution in [1.82, 2.24) is 0 Å². The second-order valence-corrected chi connectivity index (χ2v) is 6.01. The lowest BCUT2D eigenvalue weighted by atomic mass is 10.3. The fourth-order valence-electron chi connectivity index (χ4n) is 1.48. The molecule has 0 bridgehead atoms. The van der Waals surface area contributed by atoms with Crippen molar-refractivity contribution in [1.29, 1.82) is 0 Å². The summed E-state index contributed by atoms with van der Waals surface area (Å²) in [6.45, 7) is 0.986. The van der Waals surface area contributed by atoms with E-state index in [0.717, 1.165) is 12.3 Å².